The van der Waals surface area contributed by atoms with Gasteiger partial charge in [-0.2, -0.15) is 0 Å². The minimum atomic E-state index is -0.209. The van der Waals surface area contributed by atoms with Gasteiger partial charge in [-0.15, -0.1) is 0 Å². The van der Waals surface area contributed by atoms with Crippen LogP contribution >= 0.6 is 24.0 Å². The smallest absolute Gasteiger partial charge is 0.267 e. The van der Waals surface area contributed by atoms with Crippen molar-refractivity contribution in [3.8, 4) is 0 Å². The van der Waals surface area contributed by atoms with Gasteiger partial charge in [0, 0.05) is 19.3 Å². The lowest BCUT2D eigenvalue weighted by Gasteiger charge is -2.27. The average molecular weight is 459 g/mol. The van der Waals surface area contributed by atoms with Gasteiger partial charge in [-0.25, -0.2) is 4.98 Å². The largest absolute Gasteiger partial charge is 0.383 e. The number of nitrogens with one attached hydrogen (secondary N) is 1. The first-order valence-corrected chi connectivity index (χ1v) is 11.7. The molecule has 1 saturated heterocycles. The summed E-state index contributed by atoms with van der Waals surface area (Å²) in [5.74, 6) is 1.04. The summed E-state index contributed by atoms with van der Waals surface area (Å²) in [6.45, 7) is 3.06. The molecule has 0 radical (unpaired) electrons. The fourth-order valence-corrected chi connectivity index (χ4v) is 5.24. The van der Waals surface area contributed by atoms with Gasteiger partial charge in [0.2, 0.25) is 0 Å². The number of thioether (sulfide) groups is 1. The van der Waals surface area contributed by atoms with Crippen molar-refractivity contribution >= 4 is 51.7 Å². The first-order valence-electron chi connectivity index (χ1n) is 10.5. The predicted octanol–water partition coefficient (Wildman–Crippen LogP) is 3.53. The third-order valence-electron chi connectivity index (χ3n) is 5.79. The molecular weight excluding hydrogens is 432 g/mol. The van der Waals surface area contributed by atoms with Crippen LogP contribution in [0.5, 0.6) is 0 Å². The second-order valence-electron chi connectivity index (χ2n) is 8.04. The van der Waals surface area contributed by atoms with E-state index in [0.29, 0.717) is 39.4 Å². The van der Waals surface area contributed by atoms with E-state index in [-0.39, 0.29) is 17.5 Å². The van der Waals surface area contributed by atoms with E-state index >= 15 is 0 Å². The minimum absolute atomic E-state index is 0.206. The van der Waals surface area contributed by atoms with E-state index in [2.05, 4.69) is 12.2 Å². The summed E-state index contributed by atoms with van der Waals surface area (Å²) in [6.07, 6.45) is 7.70. The fraction of sp³-hybridized carbons (Fsp3) is 0.455. The molecule has 9 heteroatoms. The number of nitrogens with zero attached hydrogens (tertiary/aromatic N) is 3. The van der Waals surface area contributed by atoms with E-state index in [1.165, 1.54) is 21.1 Å². The number of hydrogen-bond donors (Lipinski definition) is 1. The maximum absolute atomic E-state index is 13.3. The highest BCUT2D eigenvalue weighted by Crippen LogP contribution is 2.33. The van der Waals surface area contributed by atoms with Crippen molar-refractivity contribution < 1.29 is 9.53 Å². The lowest BCUT2D eigenvalue weighted by Crippen LogP contribution is -2.31. The molecule has 7 nitrogen and oxygen atoms in total. The quantitative estimate of drug-likeness (QED) is 0.524. The normalized spacial score (nSPS) is 23.2. The number of methoxy groups -OCH3 is 1. The number of amides is 1. The van der Waals surface area contributed by atoms with E-state index in [1.54, 1.807) is 25.4 Å². The van der Waals surface area contributed by atoms with Gasteiger partial charge in [-0.1, -0.05) is 37.0 Å². The second-order valence-corrected chi connectivity index (χ2v) is 9.71. The highest BCUT2D eigenvalue weighted by atomic mass is 32.2. The number of carbonyl (C=O) groups excluding carboxylic acids is 1. The Morgan fingerprint density at radius 2 is 2.06 bits per heavy atom. The molecule has 1 saturated carbocycles. The van der Waals surface area contributed by atoms with Gasteiger partial charge in [0.25, 0.3) is 11.5 Å². The van der Waals surface area contributed by atoms with Crippen molar-refractivity contribution in [2.75, 3.05) is 25.6 Å². The number of aromatic nitrogens is 2. The molecule has 31 heavy (non-hydrogen) atoms. The van der Waals surface area contributed by atoms with Crippen LogP contribution in [0.1, 0.15) is 38.2 Å². The molecule has 0 atom stereocenters. The van der Waals surface area contributed by atoms with Crippen LogP contribution < -0.4 is 10.9 Å². The molecule has 3 heterocycles. The summed E-state index contributed by atoms with van der Waals surface area (Å²) >= 11 is 6.57. The standard InChI is InChI=1S/C22H26N4O3S2/c1-14-6-8-15(9-7-14)23-19-16(20(27)25-10-4-3-5-18(25)24-19)13-17-21(28)26(11-12-29-2)22(30)31-17/h3-5,10,13-15,23H,6-9,11-12H2,1-2H3/b17-13+. The Morgan fingerprint density at radius 1 is 1.29 bits per heavy atom. The van der Waals surface area contributed by atoms with E-state index < -0.39 is 0 Å². The molecule has 164 valence electrons. The number of anilines is 1. The first kappa shape index (κ1) is 22.0. The molecule has 1 amide bonds. The Balaban J connectivity index is 1.73. The molecule has 1 aliphatic carbocycles. The van der Waals surface area contributed by atoms with Crippen LogP contribution in [-0.2, 0) is 9.53 Å². The SMILES string of the molecule is COCCN1C(=O)/C(=C\c2c(NC3CCC(C)CC3)nc3ccccn3c2=O)SC1=S. The number of carbonyl (C=O) groups is 1. The van der Waals surface area contributed by atoms with Crippen molar-refractivity contribution in [2.24, 2.45) is 5.92 Å². The third-order valence-corrected chi connectivity index (χ3v) is 7.17. The van der Waals surface area contributed by atoms with Crippen LogP contribution in [0.3, 0.4) is 0 Å². The summed E-state index contributed by atoms with van der Waals surface area (Å²) in [5, 5.41) is 3.49. The molecule has 0 spiro atoms. The van der Waals surface area contributed by atoms with Crippen molar-refractivity contribution in [2.45, 2.75) is 38.6 Å². The van der Waals surface area contributed by atoms with E-state index in [0.717, 1.165) is 31.6 Å². The van der Waals surface area contributed by atoms with Crippen LogP contribution in [0.25, 0.3) is 11.7 Å². The van der Waals surface area contributed by atoms with Crippen LogP contribution in [0.2, 0.25) is 0 Å². The molecule has 0 unspecified atom stereocenters. The molecule has 4 rings (SSSR count). The molecule has 2 fully saturated rings. The number of ether oxygens (including phenoxy) is 1. The molecule has 1 N–H and O–H groups in total. The summed E-state index contributed by atoms with van der Waals surface area (Å²) in [5.41, 5.74) is 0.748. The van der Waals surface area contributed by atoms with Crippen molar-refractivity contribution in [3.63, 3.8) is 0 Å². The lowest BCUT2D eigenvalue weighted by atomic mass is 9.87. The molecule has 2 aliphatic rings. The van der Waals surface area contributed by atoms with Crippen molar-refractivity contribution in [1.82, 2.24) is 14.3 Å². The van der Waals surface area contributed by atoms with Gasteiger partial charge >= 0.3 is 0 Å². The maximum atomic E-state index is 13.3. The van der Waals surface area contributed by atoms with Gasteiger partial charge in [0.15, 0.2) is 0 Å². The number of hydrogen-bond acceptors (Lipinski definition) is 7. The van der Waals surface area contributed by atoms with Crippen LogP contribution in [0.4, 0.5) is 5.82 Å². The molecule has 0 bridgehead atoms. The lowest BCUT2D eigenvalue weighted by molar-refractivity contribution is -0.122. The van der Waals surface area contributed by atoms with Crippen molar-refractivity contribution in [1.29, 1.82) is 0 Å². The Morgan fingerprint density at radius 3 is 2.81 bits per heavy atom. The zero-order chi connectivity index (χ0) is 22.0. The first-order chi connectivity index (χ1) is 15.0. The molecule has 0 aromatic carbocycles. The third kappa shape index (κ3) is 4.68. The fourth-order valence-electron chi connectivity index (χ4n) is 3.95. The predicted molar refractivity (Wildman–Crippen MR) is 128 cm³/mol. The van der Waals surface area contributed by atoms with E-state index in [9.17, 15) is 9.59 Å². The Labute approximate surface area is 190 Å². The van der Waals surface area contributed by atoms with Gasteiger partial charge in [-0.05, 0) is 49.8 Å². The van der Waals surface area contributed by atoms with E-state index in [1.807, 2.05) is 12.1 Å². The number of pyridine rings is 1. The summed E-state index contributed by atoms with van der Waals surface area (Å²) < 4.78 is 7.05. The Hall–Kier alpha value is -2.23. The highest BCUT2D eigenvalue weighted by Gasteiger charge is 2.32. The second kappa shape index (κ2) is 9.50. The van der Waals surface area contributed by atoms with Gasteiger partial charge < -0.3 is 10.1 Å². The molecule has 2 aromatic heterocycles. The summed E-state index contributed by atoms with van der Waals surface area (Å²) in [4.78, 5) is 32.9. The monoisotopic (exact) mass is 458 g/mol. The van der Waals surface area contributed by atoms with Gasteiger partial charge in [0.1, 0.15) is 15.8 Å². The van der Waals surface area contributed by atoms with Crippen LogP contribution in [0.15, 0.2) is 34.1 Å². The van der Waals surface area contributed by atoms with Gasteiger partial charge in [-0.3, -0.25) is 18.9 Å². The highest BCUT2D eigenvalue weighted by molar-refractivity contribution is 8.26. The summed E-state index contributed by atoms with van der Waals surface area (Å²) in [6, 6.07) is 5.72. The van der Waals surface area contributed by atoms with E-state index in [4.69, 9.17) is 21.9 Å². The van der Waals surface area contributed by atoms with Crippen LogP contribution in [0, 0.1) is 5.92 Å². The zero-order valence-corrected chi connectivity index (χ0v) is 19.3. The molecule has 1 aliphatic heterocycles. The maximum Gasteiger partial charge on any atom is 0.267 e. The Bertz CT molecular complexity index is 1090. The number of thiocarbonyl (C=S) groups is 1. The Kier molecular flexibility index (Phi) is 6.74. The number of rotatable bonds is 6. The average Bonchev–Trinajstić information content (AvgIpc) is 3.03. The topological polar surface area (TPSA) is 75.9 Å². The van der Waals surface area contributed by atoms with Gasteiger partial charge in [0.05, 0.1) is 23.6 Å². The molecule has 2 aromatic rings. The summed E-state index contributed by atoms with van der Waals surface area (Å²) in [7, 11) is 1.58. The molecular formula is C22H26N4O3S2. The minimum Gasteiger partial charge on any atom is -0.383 e. The number of fused-ring (bicyclic) bond motifs is 1. The zero-order valence-electron chi connectivity index (χ0n) is 17.7. The van der Waals surface area contributed by atoms with Crippen LogP contribution in [-0.4, -0.2) is 50.8 Å². The van der Waals surface area contributed by atoms with Crippen molar-refractivity contribution in [3.05, 3.63) is 45.2 Å².